The summed E-state index contributed by atoms with van der Waals surface area (Å²) in [5.41, 5.74) is 3.46. The van der Waals surface area contributed by atoms with Crippen molar-refractivity contribution in [3.05, 3.63) is 11.9 Å². The van der Waals surface area contributed by atoms with E-state index in [-0.39, 0.29) is 12.5 Å². The third-order valence-corrected chi connectivity index (χ3v) is 2.02. The number of hydrogen-bond donors (Lipinski definition) is 4. The number of nitrogens with one attached hydrogen (secondary N) is 3. The fraction of sp³-hybridized carbons (Fsp3) is 0.429. The minimum atomic E-state index is -0.951. The molecule has 1 atom stereocenters. The number of carbonyl (C=O) groups is 2. The van der Waals surface area contributed by atoms with Gasteiger partial charge in [-0.25, -0.2) is 5.43 Å². The molecule has 7 nitrogen and oxygen atoms in total. The first-order valence-corrected chi connectivity index (χ1v) is 4.15. The molecule has 2 aliphatic rings. The maximum Gasteiger partial charge on any atom is 0.324 e. The lowest BCUT2D eigenvalue weighted by Gasteiger charge is -2.23. The highest BCUT2D eigenvalue weighted by molar-refractivity contribution is 5.86. The second-order valence-corrected chi connectivity index (χ2v) is 3.06. The zero-order chi connectivity index (χ0) is 10.1. The Kier molecular flexibility index (Phi) is 2.01. The average molecular weight is 198 g/mol. The van der Waals surface area contributed by atoms with E-state index in [1.54, 1.807) is 6.20 Å². The summed E-state index contributed by atoms with van der Waals surface area (Å²) in [4.78, 5) is 21.7. The molecule has 0 aromatic rings. The van der Waals surface area contributed by atoms with Crippen LogP contribution in [-0.4, -0.2) is 41.2 Å². The molecule has 0 aromatic heterocycles. The quantitative estimate of drug-likeness (QED) is 0.401. The maximum absolute atomic E-state index is 11.3. The van der Waals surface area contributed by atoms with E-state index < -0.39 is 12.0 Å². The summed E-state index contributed by atoms with van der Waals surface area (Å²) in [7, 11) is 0. The number of hydrazine groups is 1. The highest BCUT2D eigenvalue weighted by Crippen LogP contribution is 2.11. The van der Waals surface area contributed by atoms with Crippen molar-refractivity contribution in [3.8, 4) is 0 Å². The molecule has 0 bridgehead atoms. The van der Waals surface area contributed by atoms with Crippen molar-refractivity contribution in [1.82, 2.24) is 21.1 Å². The van der Waals surface area contributed by atoms with Gasteiger partial charge in [0.1, 0.15) is 12.6 Å². The molecule has 1 amide bonds. The van der Waals surface area contributed by atoms with Gasteiger partial charge < -0.3 is 20.7 Å². The van der Waals surface area contributed by atoms with Crippen LogP contribution in [0.4, 0.5) is 0 Å². The van der Waals surface area contributed by atoms with Crippen molar-refractivity contribution in [2.24, 2.45) is 0 Å². The average Bonchev–Trinajstić information content (AvgIpc) is 2.47. The van der Waals surface area contributed by atoms with E-state index in [4.69, 9.17) is 5.11 Å². The molecule has 0 radical (unpaired) electrons. The first kappa shape index (κ1) is 8.82. The van der Waals surface area contributed by atoms with Gasteiger partial charge in [-0.05, 0) is 0 Å². The van der Waals surface area contributed by atoms with Crippen molar-refractivity contribution in [2.45, 2.75) is 6.04 Å². The van der Waals surface area contributed by atoms with Crippen LogP contribution >= 0.6 is 0 Å². The lowest BCUT2D eigenvalue weighted by Crippen LogP contribution is -2.55. The van der Waals surface area contributed by atoms with Crippen LogP contribution in [0.15, 0.2) is 11.9 Å². The summed E-state index contributed by atoms with van der Waals surface area (Å²) in [5.74, 6) is -1.10. The summed E-state index contributed by atoms with van der Waals surface area (Å²) in [5, 5.41) is 15.5. The number of hydrogen-bond acceptors (Lipinski definition) is 5. The summed E-state index contributed by atoms with van der Waals surface area (Å²) >= 11 is 0. The van der Waals surface area contributed by atoms with Gasteiger partial charge in [-0.2, -0.15) is 0 Å². The van der Waals surface area contributed by atoms with Gasteiger partial charge in [0.05, 0.1) is 12.4 Å². The van der Waals surface area contributed by atoms with E-state index in [2.05, 4.69) is 16.1 Å². The molecule has 0 aromatic carbocycles. The molecule has 0 spiro atoms. The molecule has 2 aliphatic heterocycles. The van der Waals surface area contributed by atoms with Crippen LogP contribution in [0.25, 0.3) is 0 Å². The molecule has 0 saturated carbocycles. The molecule has 0 aliphatic carbocycles. The van der Waals surface area contributed by atoms with Crippen molar-refractivity contribution in [1.29, 1.82) is 0 Å². The Bertz CT molecular complexity index is 314. The Morgan fingerprint density at radius 1 is 1.64 bits per heavy atom. The normalized spacial score (nSPS) is 24.9. The molecular formula is C7H10N4O3. The van der Waals surface area contributed by atoms with Crippen LogP contribution in [0.1, 0.15) is 0 Å². The highest BCUT2D eigenvalue weighted by atomic mass is 16.4. The number of rotatable bonds is 2. The third-order valence-electron chi connectivity index (χ3n) is 2.02. The number of nitrogens with zero attached hydrogens (tertiary/aromatic N) is 1. The fourth-order valence-corrected chi connectivity index (χ4v) is 1.44. The Morgan fingerprint density at radius 2 is 2.43 bits per heavy atom. The molecular weight excluding hydrogens is 188 g/mol. The lowest BCUT2D eigenvalue weighted by molar-refractivity contribution is -0.138. The van der Waals surface area contributed by atoms with Crippen LogP contribution in [0, 0.1) is 0 Å². The second kappa shape index (κ2) is 3.18. The highest BCUT2D eigenvalue weighted by Gasteiger charge is 2.33. The minimum absolute atomic E-state index is 0.150. The number of amides is 1. The maximum atomic E-state index is 11.3. The van der Waals surface area contributed by atoms with E-state index in [0.29, 0.717) is 12.4 Å². The summed E-state index contributed by atoms with van der Waals surface area (Å²) < 4.78 is 0. The predicted octanol–water partition coefficient (Wildman–Crippen LogP) is -2.22. The topological polar surface area (TPSA) is 93.7 Å². The van der Waals surface area contributed by atoms with Gasteiger partial charge in [0, 0.05) is 6.20 Å². The van der Waals surface area contributed by atoms with Crippen LogP contribution in [0.2, 0.25) is 0 Å². The van der Waals surface area contributed by atoms with Crippen LogP contribution in [0.3, 0.4) is 0 Å². The van der Waals surface area contributed by atoms with Gasteiger partial charge in [-0.3, -0.25) is 9.59 Å². The zero-order valence-electron chi connectivity index (χ0n) is 7.28. The Morgan fingerprint density at radius 3 is 3.07 bits per heavy atom. The van der Waals surface area contributed by atoms with Gasteiger partial charge >= 0.3 is 5.97 Å². The predicted molar refractivity (Wildman–Crippen MR) is 45.5 cm³/mol. The number of aliphatic carboxylic acids is 1. The summed E-state index contributed by atoms with van der Waals surface area (Å²) in [6.45, 7) is 0.207. The first-order chi connectivity index (χ1) is 6.66. The molecule has 2 rings (SSSR count). The second-order valence-electron chi connectivity index (χ2n) is 3.06. The van der Waals surface area contributed by atoms with E-state index in [9.17, 15) is 9.59 Å². The van der Waals surface area contributed by atoms with Crippen LogP contribution in [-0.2, 0) is 9.59 Å². The van der Waals surface area contributed by atoms with E-state index in [1.165, 1.54) is 5.01 Å². The SMILES string of the molecule is O=C(O)CN1C=C2NCNC(=O)C2N1. The molecule has 76 valence electrons. The van der Waals surface area contributed by atoms with Crippen LogP contribution < -0.4 is 16.1 Å². The summed E-state index contributed by atoms with van der Waals surface area (Å²) in [6.07, 6.45) is 1.59. The van der Waals surface area contributed by atoms with Crippen molar-refractivity contribution < 1.29 is 14.7 Å². The zero-order valence-corrected chi connectivity index (χ0v) is 7.28. The van der Waals surface area contributed by atoms with E-state index in [1.807, 2.05) is 0 Å². The Hall–Kier alpha value is -1.76. The van der Waals surface area contributed by atoms with Gasteiger partial charge in [-0.15, -0.1) is 0 Å². The Balaban J connectivity index is 2.06. The Labute approximate surface area is 79.7 Å². The molecule has 4 N–H and O–H groups in total. The molecule has 1 saturated heterocycles. The third kappa shape index (κ3) is 1.49. The van der Waals surface area contributed by atoms with Crippen molar-refractivity contribution in [2.75, 3.05) is 13.2 Å². The van der Waals surface area contributed by atoms with Crippen molar-refractivity contribution >= 4 is 11.9 Å². The van der Waals surface area contributed by atoms with Gasteiger partial charge in [0.2, 0.25) is 5.91 Å². The van der Waals surface area contributed by atoms with Gasteiger partial charge in [0.25, 0.3) is 0 Å². The molecule has 14 heavy (non-hydrogen) atoms. The number of carboxylic acid groups (broad SMARTS) is 1. The largest absolute Gasteiger partial charge is 0.480 e. The summed E-state index contributed by atoms with van der Waals surface area (Å²) in [6, 6.07) is -0.483. The van der Waals surface area contributed by atoms with Gasteiger partial charge in [0.15, 0.2) is 0 Å². The van der Waals surface area contributed by atoms with E-state index in [0.717, 1.165) is 0 Å². The first-order valence-electron chi connectivity index (χ1n) is 4.15. The van der Waals surface area contributed by atoms with Gasteiger partial charge in [-0.1, -0.05) is 0 Å². The number of fused-ring (bicyclic) bond motifs is 1. The number of carbonyl (C=O) groups excluding carboxylic acids is 1. The van der Waals surface area contributed by atoms with Crippen molar-refractivity contribution in [3.63, 3.8) is 0 Å². The molecule has 1 unspecified atom stereocenters. The minimum Gasteiger partial charge on any atom is -0.480 e. The smallest absolute Gasteiger partial charge is 0.324 e. The number of carboxylic acids is 1. The lowest BCUT2D eigenvalue weighted by atomic mass is 10.2. The fourth-order valence-electron chi connectivity index (χ4n) is 1.44. The van der Waals surface area contributed by atoms with Crippen LogP contribution in [0.5, 0.6) is 0 Å². The van der Waals surface area contributed by atoms with E-state index >= 15 is 0 Å². The standard InChI is InChI=1S/C7H10N4O3/c12-5(13)2-11-1-4-6(10-11)7(14)9-3-8-4/h1,6,8,10H,2-3H2,(H,9,14)(H,12,13). The monoisotopic (exact) mass is 198 g/mol. The molecule has 1 fully saturated rings. The molecule has 2 heterocycles. The molecule has 7 heteroatoms.